The van der Waals surface area contributed by atoms with Crippen molar-refractivity contribution in [1.29, 1.82) is 0 Å². The monoisotopic (exact) mass is 418 g/mol. The number of esters is 1. The maximum absolute atomic E-state index is 12.6. The first-order valence-corrected chi connectivity index (χ1v) is 10.5. The Morgan fingerprint density at radius 1 is 1.15 bits per heavy atom. The zero-order chi connectivity index (χ0) is 18.5. The minimum Gasteiger partial charge on any atom is -0.454 e. The summed E-state index contributed by atoms with van der Waals surface area (Å²) in [5.74, 6) is 1.15. The molecule has 3 nitrogen and oxygen atoms in total. The molecular formula is C22H27BrO3. The second-order valence-corrected chi connectivity index (χ2v) is 10.8. The van der Waals surface area contributed by atoms with Crippen molar-refractivity contribution in [3.05, 3.63) is 35.4 Å². The molecule has 140 valence electrons. The van der Waals surface area contributed by atoms with Crippen LogP contribution in [0.5, 0.6) is 0 Å². The smallest absolute Gasteiger partial charge is 0.307 e. The number of Topliss-reactive ketones (excluding diaryl/α,β-unsaturated/α-hetero) is 1. The van der Waals surface area contributed by atoms with Crippen molar-refractivity contribution in [1.82, 2.24) is 0 Å². The molecule has 0 saturated heterocycles. The Morgan fingerprint density at radius 2 is 1.77 bits per heavy atom. The number of carbonyl (C=O) groups excluding carboxylic acids is 2. The predicted octanol–water partition coefficient (Wildman–Crippen LogP) is 5.23. The van der Waals surface area contributed by atoms with Crippen molar-refractivity contribution < 1.29 is 14.3 Å². The highest BCUT2D eigenvalue weighted by Gasteiger charge is 2.57. The number of benzene rings is 1. The van der Waals surface area contributed by atoms with Gasteiger partial charge in [-0.2, -0.15) is 0 Å². The third-order valence-electron chi connectivity index (χ3n) is 6.64. The molecule has 0 N–H and O–H groups in total. The highest BCUT2D eigenvalue weighted by atomic mass is 79.9. The van der Waals surface area contributed by atoms with E-state index in [1.807, 2.05) is 19.1 Å². The quantitative estimate of drug-likeness (QED) is 0.373. The van der Waals surface area contributed by atoms with E-state index in [4.69, 9.17) is 4.74 Å². The molecule has 4 aliphatic rings. The first kappa shape index (κ1) is 18.2. The second kappa shape index (κ2) is 6.47. The number of ketones is 1. The average Bonchev–Trinajstić information content (AvgIpc) is 2.51. The Balaban J connectivity index is 1.39. The molecule has 5 rings (SSSR count). The molecule has 5 atom stereocenters. The second-order valence-electron chi connectivity index (χ2n) is 9.15. The van der Waals surface area contributed by atoms with E-state index >= 15 is 0 Å². The van der Waals surface area contributed by atoms with Crippen LogP contribution in [-0.4, -0.2) is 22.2 Å². The number of hydrogen-bond acceptors (Lipinski definition) is 3. The molecule has 1 aromatic carbocycles. The van der Waals surface area contributed by atoms with Gasteiger partial charge in [0.05, 0.1) is 6.42 Å². The average molecular weight is 419 g/mol. The number of aryl methyl sites for hydroxylation is 1. The van der Waals surface area contributed by atoms with Gasteiger partial charge < -0.3 is 4.74 Å². The van der Waals surface area contributed by atoms with Crippen molar-refractivity contribution in [2.45, 2.75) is 69.2 Å². The van der Waals surface area contributed by atoms with Crippen LogP contribution < -0.4 is 0 Å². The third kappa shape index (κ3) is 3.49. The van der Waals surface area contributed by atoms with Gasteiger partial charge in [0, 0.05) is 9.89 Å². The summed E-state index contributed by atoms with van der Waals surface area (Å²) in [6.45, 7) is 3.67. The lowest BCUT2D eigenvalue weighted by atomic mass is 9.49. The molecule has 0 heterocycles. The molecule has 26 heavy (non-hydrogen) atoms. The number of carbonyl (C=O) groups is 2. The molecule has 1 aromatic rings. The van der Waals surface area contributed by atoms with Gasteiger partial charge in [0.1, 0.15) is 0 Å². The van der Waals surface area contributed by atoms with Gasteiger partial charge in [0.2, 0.25) is 5.78 Å². The first-order valence-electron chi connectivity index (χ1n) is 9.75. The van der Waals surface area contributed by atoms with Crippen LogP contribution >= 0.6 is 15.9 Å². The molecule has 0 spiro atoms. The minimum absolute atomic E-state index is 0.0806. The maximum Gasteiger partial charge on any atom is 0.307 e. The predicted molar refractivity (Wildman–Crippen MR) is 104 cm³/mol. The highest BCUT2D eigenvalue weighted by Crippen LogP contribution is 2.65. The summed E-state index contributed by atoms with van der Waals surface area (Å²) in [6.07, 6.45) is 6.93. The number of hydrogen-bond donors (Lipinski definition) is 0. The van der Waals surface area contributed by atoms with Gasteiger partial charge in [0.15, 0.2) is 6.10 Å². The maximum atomic E-state index is 12.6. The molecule has 0 aromatic heterocycles. The van der Waals surface area contributed by atoms with E-state index < -0.39 is 6.10 Å². The summed E-state index contributed by atoms with van der Waals surface area (Å²) in [7, 11) is 0. The minimum atomic E-state index is -0.725. The summed E-state index contributed by atoms with van der Waals surface area (Å²) in [4.78, 5) is 25.2. The zero-order valence-electron chi connectivity index (χ0n) is 15.6. The van der Waals surface area contributed by atoms with E-state index in [0.717, 1.165) is 36.7 Å². The SMILES string of the molecule is Cc1ccc(C(=O)[C@@H](C)OC(=O)CC23C[C@@H]4C[C@@H](CC(Br)(C4)C2)C3)cc1. The standard InChI is InChI=1S/C22H27BrO3/c1-14-3-5-18(6-4-14)20(25)15(2)26-19(24)12-21-8-16-7-17(9-21)11-22(23,10-16)13-21/h3-6,15-17H,7-13H2,1-2H3/t15-,16-,17+,21?,22?/m1/s1. The normalized spacial score (nSPS) is 36.0. The summed E-state index contributed by atoms with van der Waals surface area (Å²) >= 11 is 3.99. The van der Waals surface area contributed by atoms with Crippen LogP contribution in [0.15, 0.2) is 24.3 Å². The number of alkyl halides is 1. The van der Waals surface area contributed by atoms with Crippen LogP contribution in [0.3, 0.4) is 0 Å². The number of ether oxygens (including phenoxy) is 1. The fourth-order valence-corrected chi connectivity index (χ4v) is 7.60. The van der Waals surface area contributed by atoms with Gasteiger partial charge in [0.25, 0.3) is 0 Å². The van der Waals surface area contributed by atoms with Gasteiger partial charge in [-0.3, -0.25) is 9.59 Å². The van der Waals surface area contributed by atoms with Crippen LogP contribution in [0.1, 0.15) is 67.8 Å². The lowest BCUT2D eigenvalue weighted by molar-refractivity contribution is -0.153. The van der Waals surface area contributed by atoms with Gasteiger partial charge in [-0.1, -0.05) is 45.8 Å². The van der Waals surface area contributed by atoms with E-state index in [1.54, 1.807) is 19.1 Å². The summed E-state index contributed by atoms with van der Waals surface area (Å²) in [6, 6.07) is 7.42. The largest absolute Gasteiger partial charge is 0.454 e. The highest BCUT2D eigenvalue weighted by molar-refractivity contribution is 9.10. The number of halogens is 1. The van der Waals surface area contributed by atoms with E-state index in [1.165, 1.54) is 19.3 Å². The Hall–Kier alpha value is -1.16. The van der Waals surface area contributed by atoms with Crippen LogP contribution in [-0.2, 0) is 9.53 Å². The van der Waals surface area contributed by atoms with Gasteiger partial charge in [-0.25, -0.2) is 0 Å². The zero-order valence-corrected chi connectivity index (χ0v) is 17.2. The van der Waals surface area contributed by atoms with Crippen LogP contribution in [0.2, 0.25) is 0 Å². The van der Waals surface area contributed by atoms with Crippen molar-refractivity contribution in [2.24, 2.45) is 17.3 Å². The fraction of sp³-hybridized carbons (Fsp3) is 0.636. The van der Waals surface area contributed by atoms with Crippen molar-refractivity contribution in [3.63, 3.8) is 0 Å². The molecular weight excluding hydrogens is 392 g/mol. The molecule has 2 unspecified atom stereocenters. The van der Waals surface area contributed by atoms with Gasteiger partial charge in [-0.15, -0.1) is 0 Å². The molecule has 0 amide bonds. The van der Waals surface area contributed by atoms with E-state index in [2.05, 4.69) is 15.9 Å². The number of rotatable bonds is 5. The lowest BCUT2D eigenvalue weighted by Crippen LogP contribution is -2.53. The summed E-state index contributed by atoms with van der Waals surface area (Å²) < 4.78 is 5.80. The van der Waals surface area contributed by atoms with E-state index in [-0.39, 0.29) is 21.5 Å². The molecule has 4 heteroatoms. The Labute approximate surface area is 164 Å². The first-order chi connectivity index (χ1) is 12.3. The van der Waals surface area contributed by atoms with Crippen LogP contribution in [0, 0.1) is 24.2 Å². The third-order valence-corrected chi connectivity index (χ3v) is 7.57. The summed E-state index contributed by atoms with van der Waals surface area (Å²) in [5.41, 5.74) is 1.79. The van der Waals surface area contributed by atoms with Gasteiger partial charge in [-0.05, 0) is 69.6 Å². The molecule has 4 fully saturated rings. The molecule has 4 saturated carbocycles. The molecule has 0 aliphatic heterocycles. The topological polar surface area (TPSA) is 43.4 Å². The fourth-order valence-electron chi connectivity index (χ4n) is 6.09. The van der Waals surface area contributed by atoms with E-state index in [0.29, 0.717) is 12.0 Å². The van der Waals surface area contributed by atoms with Crippen LogP contribution in [0.25, 0.3) is 0 Å². The lowest BCUT2D eigenvalue weighted by Gasteiger charge is -2.60. The van der Waals surface area contributed by atoms with Crippen molar-refractivity contribution in [2.75, 3.05) is 0 Å². The van der Waals surface area contributed by atoms with Crippen molar-refractivity contribution >= 4 is 27.7 Å². The molecule has 4 aliphatic carbocycles. The van der Waals surface area contributed by atoms with Gasteiger partial charge >= 0.3 is 5.97 Å². The molecule has 4 bridgehead atoms. The van der Waals surface area contributed by atoms with Crippen molar-refractivity contribution in [3.8, 4) is 0 Å². The molecule has 0 radical (unpaired) electrons. The van der Waals surface area contributed by atoms with E-state index in [9.17, 15) is 9.59 Å². The summed E-state index contributed by atoms with van der Waals surface area (Å²) in [5, 5.41) is 0. The Morgan fingerprint density at radius 3 is 2.35 bits per heavy atom. The van der Waals surface area contributed by atoms with Crippen LogP contribution in [0.4, 0.5) is 0 Å². The Kier molecular flexibility index (Phi) is 4.53. The Bertz CT molecular complexity index is 709.